The van der Waals surface area contributed by atoms with Gasteiger partial charge in [0.2, 0.25) is 5.91 Å². The lowest BCUT2D eigenvalue weighted by atomic mass is 10.1. The van der Waals surface area contributed by atoms with Crippen molar-refractivity contribution in [2.45, 2.75) is 24.3 Å². The van der Waals surface area contributed by atoms with Gasteiger partial charge in [0.25, 0.3) is 10.1 Å². The topological polar surface area (TPSA) is 90.9 Å². The molecule has 1 atom stereocenters. The van der Waals surface area contributed by atoms with Crippen molar-refractivity contribution < 1.29 is 26.9 Å². The highest BCUT2D eigenvalue weighted by molar-refractivity contribution is 7.86. The van der Waals surface area contributed by atoms with E-state index in [1.807, 2.05) is 6.92 Å². The number of nitrogens with one attached hydrogen (secondary N) is 1. The summed E-state index contributed by atoms with van der Waals surface area (Å²) in [5, 5.41) is 2.74. The second-order valence-corrected chi connectivity index (χ2v) is 7.86. The van der Waals surface area contributed by atoms with Crippen molar-refractivity contribution in [2.75, 3.05) is 18.5 Å². The number of carbonyl (C=O) groups excluding carboxylic acids is 1. The quantitative estimate of drug-likeness (QED) is 0.823. The summed E-state index contributed by atoms with van der Waals surface area (Å²) >= 11 is 0. The molecule has 136 valence electrons. The second kappa shape index (κ2) is 6.30. The predicted molar refractivity (Wildman–Crippen MR) is 93.0 cm³/mol. The zero-order valence-corrected chi connectivity index (χ0v) is 14.8. The summed E-state index contributed by atoms with van der Waals surface area (Å²) in [6.45, 7) is 1.86. The number of fused-ring (bicyclic) bond motifs is 3. The largest absolute Gasteiger partial charge is 0.486 e. The molecule has 0 unspecified atom stereocenters. The fraction of sp³-hybridized carbons (Fsp3) is 0.278. The molecule has 7 nitrogen and oxygen atoms in total. The van der Waals surface area contributed by atoms with Crippen molar-refractivity contribution in [1.82, 2.24) is 0 Å². The Morgan fingerprint density at radius 3 is 2.73 bits per heavy atom. The van der Waals surface area contributed by atoms with Gasteiger partial charge >= 0.3 is 0 Å². The van der Waals surface area contributed by atoms with Crippen LogP contribution < -0.4 is 14.8 Å². The first-order chi connectivity index (χ1) is 12.4. The first kappa shape index (κ1) is 16.9. The Morgan fingerprint density at radius 2 is 1.96 bits per heavy atom. The Labute approximate surface area is 151 Å². The number of anilines is 1. The highest BCUT2D eigenvalue weighted by Gasteiger charge is 2.31. The van der Waals surface area contributed by atoms with Crippen LogP contribution in [0.2, 0.25) is 0 Å². The molecule has 0 aromatic heterocycles. The molecule has 26 heavy (non-hydrogen) atoms. The van der Waals surface area contributed by atoms with Gasteiger partial charge in [-0.2, -0.15) is 8.42 Å². The second-order valence-electron chi connectivity index (χ2n) is 6.25. The Kier molecular flexibility index (Phi) is 4.08. The van der Waals surface area contributed by atoms with Crippen LogP contribution >= 0.6 is 0 Å². The minimum atomic E-state index is -3.88. The summed E-state index contributed by atoms with van der Waals surface area (Å²) in [6, 6.07) is 9.91. The van der Waals surface area contributed by atoms with Gasteiger partial charge < -0.3 is 14.8 Å². The van der Waals surface area contributed by atoms with Gasteiger partial charge in [0.1, 0.15) is 13.2 Å². The molecule has 0 saturated carbocycles. The third-order valence-electron chi connectivity index (χ3n) is 4.26. The van der Waals surface area contributed by atoms with E-state index in [1.54, 1.807) is 24.3 Å². The first-order valence-corrected chi connectivity index (χ1v) is 9.54. The molecular weight excluding hydrogens is 358 g/mol. The van der Waals surface area contributed by atoms with E-state index in [2.05, 4.69) is 5.32 Å². The van der Waals surface area contributed by atoms with Crippen LogP contribution in [0.4, 0.5) is 5.69 Å². The van der Waals surface area contributed by atoms with Gasteiger partial charge in [-0.25, -0.2) is 0 Å². The van der Waals surface area contributed by atoms with Crippen LogP contribution in [0.5, 0.6) is 11.5 Å². The van der Waals surface area contributed by atoms with Crippen molar-refractivity contribution in [3.8, 4) is 11.5 Å². The minimum absolute atomic E-state index is 0.0934. The molecule has 0 fully saturated rings. The van der Waals surface area contributed by atoms with Crippen LogP contribution in [-0.2, 0) is 25.5 Å². The number of amides is 1. The van der Waals surface area contributed by atoms with Crippen molar-refractivity contribution in [2.24, 2.45) is 0 Å². The summed E-state index contributed by atoms with van der Waals surface area (Å²) in [7, 11) is -3.88. The Balaban J connectivity index is 1.47. The molecule has 2 aromatic rings. The Bertz CT molecular complexity index is 968. The maximum atomic E-state index is 12.3. The van der Waals surface area contributed by atoms with Crippen LogP contribution in [0.25, 0.3) is 0 Å². The molecular formula is C18H17NO6S. The van der Waals surface area contributed by atoms with E-state index in [1.165, 1.54) is 12.1 Å². The van der Waals surface area contributed by atoms with Crippen LogP contribution in [0.3, 0.4) is 0 Å². The Morgan fingerprint density at radius 1 is 1.19 bits per heavy atom. The van der Waals surface area contributed by atoms with Gasteiger partial charge in [-0.15, -0.1) is 0 Å². The van der Waals surface area contributed by atoms with Crippen LogP contribution in [0.15, 0.2) is 41.3 Å². The summed E-state index contributed by atoms with van der Waals surface area (Å²) < 4.78 is 41.2. The van der Waals surface area contributed by atoms with Crippen LogP contribution in [-0.4, -0.2) is 33.6 Å². The highest BCUT2D eigenvalue weighted by Crippen LogP contribution is 2.42. The lowest BCUT2D eigenvalue weighted by Gasteiger charge is -2.27. The third kappa shape index (κ3) is 3.13. The number of ether oxygens (including phenoxy) is 2. The SMILES string of the molecule is Cc1ccc(S(=O)(=O)OC[C@@H]2COc3ccc4c(c3O2)CC(=O)N4)cc1. The zero-order valence-electron chi connectivity index (χ0n) is 14.0. The molecule has 0 aliphatic carbocycles. The number of hydrogen-bond acceptors (Lipinski definition) is 6. The number of benzene rings is 2. The average molecular weight is 375 g/mol. The molecule has 8 heteroatoms. The summed E-state index contributed by atoms with van der Waals surface area (Å²) in [4.78, 5) is 11.7. The molecule has 0 bridgehead atoms. The van der Waals surface area contributed by atoms with E-state index in [4.69, 9.17) is 13.7 Å². The molecule has 1 N–H and O–H groups in total. The van der Waals surface area contributed by atoms with E-state index in [-0.39, 0.29) is 30.4 Å². The lowest BCUT2D eigenvalue weighted by molar-refractivity contribution is -0.115. The normalized spacial score (nSPS) is 18.3. The van der Waals surface area contributed by atoms with E-state index in [9.17, 15) is 13.2 Å². The van der Waals surface area contributed by atoms with E-state index >= 15 is 0 Å². The maximum absolute atomic E-state index is 12.3. The molecule has 2 aliphatic rings. The van der Waals surface area contributed by atoms with Gasteiger partial charge in [-0.05, 0) is 31.2 Å². The van der Waals surface area contributed by atoms with Gasteiger partial charge in [0, 0.05) is 11.3 Å². The molecule has 2 heterocycles. The molecule has 0 saturated heterocycles. The summed E-state index contributed by atoms with van der Waals surface area (Å²) in [6.07, 6.45) is -0.387. The fourth-order valence-corrected chi connectivity index (χ4v) is 3.84. The Hall–Kier alpha value is -2.58. The van der Waals surface area contributed by atoms with Crippen LogP contribution in [0.1, 0.15) is 11.1 Å². The van der Waals surface area contributed by atoms with Crippen molar-refractivity contribution >= 4 is 21.7 Å². The highest BCUT2D eigenvalue weighted by atomic mass is 32.2. The van der Waals surface area contributed by atoms with E-state index in [0.717, 1.165) is 11.1 Å². The van der Waals surface area contributed by atoms with Crippen molar-refractivity contribution in [1.29, 1.82) is 0 Å². The van der Waals surface area contributed by atoms with Crippen molar-refractivity contribution in [3.63, 3.8) is 0 Å². The summed E-state index contributed by atoms with van der Waals surface area (Å²) in [5.41, 5.74) is 2.37. The average Bonchev–Trinajstić information content (AvgIpc) is 3.01. The number of hydrogen-bond donors (Lipinski definition) is 1. The van der Waals surface area contributed by atoms with Gasteiger partial charge in [0.15, 0.2) is 17.6 Å². The fourth-order valence-electron chi connectivity index (χ4n) is 2.90. The number of rotatable bonds is 4. The third-order valence-corrected chi connectivity index (χ3v) is 5.56. The van der Waals surface area contributed by atoms with Crippen molar-refractivity contribution in [3.05, 3.63) is 47.5 Å². The first-order valence-electron chi connectivity index (χ1n) is 8.14. The molecule has 0 radical (unpaired) electrons. The molecule has 0 spiro atoms. The summed E-state index contributed by atoms with van der Waals surface area (Å²) in [5.74, 6) is 0.892. The minimum Gasteiger partial charge on any atom is -0.486 e. The van der Waals surface area contributed by atoms with Gasteiger partial charge in [-0.1, -0.05) is 17.7 Å². The molecule has 2 aliphatic heterocycles. The lowest BCUT2D eigenvalue weighted by Crippen LogP contribution is -2.34. The molecule has 1 amide bonds. The standard InChI is InChI=1S/C18H17NO6S/c1-11-2-4-13(5-3-11)26(21,22)24-10-12-9-23-16-7-6-15-14(18(16)25-12)8-17(20)19-15/h2-7,12H,8-10H2,1H3,(H,19,20)/t12-/m0/s1. The van der Waals surface area contributed by atoms with E-state index in [0.29, 0.717) is 17.2 Å². The van der Waals surface area contributed by atoms with E-state index < -0.39 is 16.2 Å². The zero-order chi connectivity index (χ0) is 18.3. The predicted octanol–water partition coefficient (Wildman–Crippen LogP) is 2.03. The molecule has 2 aromatic carbocycles. The van der Waals surface area contributed by atoms with Gasteiger partial charge in [0.05, 0.1) is 11.3 Å². The van der Waals surface area contributed by atoms with Gasteiger partial charge in [-0.3, -0.25) is 8.98 Å². The monoisotopic (exact) mass is 375 g/mol. The van der Waals surface area contributed by atoms with Crippen LogP contribution in [0, 0.1) is 6.92 Å². The number of carbonyl (C=O) groups is 1. The maximum Gasteiger partial charge on any atom is 0.297 e. The smallest absolute Gasteiger partial charge is 0.297 e. The molecule has 4 rings (SSSR count). The number of aryl methyl sites for hydroxylation is 1.